The van der Waals surface area contributed by atoms with Crippen LogP contribution in [0.15, 0.2) is 35.7 Å². The second-order valence-corrected chi connectivity index (χ2v) is 6.81. The second-order valence-electron chi connectivity index (χ2n) is 5.86. The molecular weight excluding hydrogens is 328 g/mol. The van der Waals surface area contributed by atoms with Gasteiger partial charge in [-0.3, -0.25) is 14.9 Å². The van der Waals surface area contributed by atoms with Gasteiger partial charge in [-0.1, -0.05) is 18.9 Å². The molecule has 0 spiro atoms. The van der Waals surface area contributed by atoms with Gasteiger partial charge < -0.3 is 10.1 Å². The molecule has 2 aromatic rings. The third-order valence-electron chi connectivity index (χ3n) is 4.53. The van der Waals surface area contributed by atoms with E-state index < -0.39 is 10.3 Å². The maximum absolute atomic E-state index is 13.1. The lowest BCUT2D eigenvalue weighted by molar-refractivity contribution is -0.384. The average Bonchev–Trinajstić information content (AvgIpc) is 3.26. The molecule has 1 aromatic heterocycles. The van der Waals surface area contributed by atoms with Gasteiger partial charge in [0.05, 0.1) is 23.1 Å². The lowest BCUT2D eigenvalue weighted by Crippen LogP contribution is -2.37. The molecule has 3 rings (SSSR count). The van der Waals surface area contributed by atoms with Crippen LogP contribution in [0.4, 0.5) is 11.4 Å². The van der Waals surface area contributed by atoms with E-state index in [0.29, 0.717) is 11.4 Å². The fourth-order valence-electron chi connectivity index (χ4n) is 3.26. The summed E-state index contributed by atoms with van der Waals surface area (Å²) in [5.74, 6) is 0.287. The van der Waals surface area contributed by atoms with Gasteiger partial charge in [0.15, 0.2) is 0 Å². The molecule has 1 aliphatic rings. The number of non-ortho nitro benzene ring substituents is 1. The van der Waals surface area contributed by atoms with Crippen LogP contribution < -0.4 is 10.1 Å². The number of carbonyl (C=O) groups excluding carboxylic acids is 1. The number of anilines is 1. The molecule has 0 saturated heterocycles. The number of rotatable bonds is 5. The van der Waals surface area contributed by atoms with E-state index in [0.717, 1.165) is 30.6 Å². The van der Waals surface area contributed by atoms with Crippen LogP contribution in [-0.2, 0) is 10.2 Å². The molecule has 24 heavy (non-hydrogen) atoms. The van der Waals surface area contributed by atoms with Crippen molar-refractivity contribution in [3.05, 3.63) is 50.7 Å². The van der Waals surface area contributed by atoms with Gasteiger partial charge in [0.1, 0.15) is 5.75 Å². The molecule has 1 fully saturated rings. The van der Waals surface area contributed by atoms with Crippen LogP contribution in [0.3, 0.4) is 0 Å². The first-order valence-corrected chi connectivity index (χ1v) is 8.63. The van der Waals surface area contributed by atoms with Gasteiger partial charge in [0, 0.05) is 17.0 Å². The van der Waals surface area contributed by atoms with Crippen LogP contribution in [-0.4, -0.2) is 17.9 Å². The molecule has 1 heterocycles. The van der Waals surface area contributed by atoms with Crippen LogP contribution >= 0.6 is 11.3 Å². The first-order valence-electron chi connectivity index (χ1n) is 7.75. The van der Waals surface area contributed by atoms with E-state index in [9.17, 15) is 14.9 Å². The monoisotopic (exact) mass is 346 g/mol. The Kier molecular flexibility index (Phi) is 4.53. The van der Waals surface area contributed by atoms with Gasteiger partial charge in [-0.2, -0.15) is 0 Å². The number of nitro benzene ring substituents is 1. The van der Waals surface area contributed by atoms with Crippen molar-refractivity contribution in [3.63, 3.8) is 0 Å². The van der Waals surface area contributed by atoms with Crippen LogP contribution in [0.5, 0.6) is 5.75 Å². The molecule has 0 radical (unpaired) electrons. The molecule has 1 N–H and O–H groups in total. The Morgan fingerprint density at radius 2 is 2.08 bits per heavy atom. The Balaban J connectivity index is 1.94. The van der Waals surface area contributed by atoms with Gasteiger partial charge in [-0.05, 0) is 30.4 Å². The summed E-state index contributed by atoms with van der Waals surface area (Å²) in [6.45, 7) is 0. The Bertz CT molecular complexity index is 752. The minimum absolute atomic E-state index is 0.0808. The third kappa shape index (κ3) is 2.87. The van der Waals surface area contributed by atoms with Crippen LogP contribution in [0.1, 0.15) is 30.6 Å². The summed E-state index contributed by atoms with van der Waals surface area (Å²) in [7, 11) is 1.47. The third-order valence-corrected chi connectivity index (χ3v) is 5.60. The van der Waals surface area contributed by atoms with Crippen LogP contribution in [0.2, 0.25) is 0 Å². The molecule has 126 valence electrons. The maximum Gasteiger partial charge on any atom is 0.271 e. The Morgan fingerprint density at radius 3 is 2.67 bits per heavy atom. The Labute approximate surface area is 143 Å². The minimum Gasteiger partial charge on any atom is -0.495 e. The first-order chi connectivity index (χ1) is 11.6. The zero-order valence-electron chi connectivity index (χ0n) is 13.3. The number of amides is 1. The van der Waals surface area contributed by atoms with Crippen LogP contribution in [0.25, 0.3) is 0 Å². The van der Waals surface area contributed by atoms with Crippen molar-refractivity contribution in [2.75, 3.05) is 12.4 Å². The number of hydrogen-bond acceptors (Lipinski definition) is 5. The van der Waals surface area contributed by atoms with Crippen LogP contribution in [0, 0.1) is 10.1 Å². The van der Waals surface area contributed by atoms with Crippen molar-refractivity contribution in [1.29, 1.82) is 0 Å². The molecular formula is C17H18N2O4S. The predicted molar refractivity (Wildman–Crippen MR) is 92.7 cm³/mol. The number of methoxy groups -OCH3 is 1. The maximum atomic E-state index is 13.1. The highest BCUT2D eigenvalue weighted by atomic mass is 32.1. The van der Waals surface area contributed by atoms with Gasteiger partial charge in [-0.15, -0.1) is 11.3 Å². The largest absolute Gasteiger partial charge is 0.495 e. The van der Waals surface area contributed by atoms with E-state index in [2.05, 4.69) is 5.32 Å². The van der Waals surface area contributed by atoms with Crippen molar-refractivity contribution in [2.45, 2.75) is 31.1 Å². The summed E-state index contributed by atoms with van der Waals surface area (Å²) < 4.78 is 5.23. The number of thiophene rings is 1. The number of nitrogens with zero attached hydrogens (tertiary/aromatic N) is 1. The predicted octanol–water partition coefficient (Wildman–Crippen LogP) is 4.12. The number of nitro groups is 1. The Hall–Kier alpha value is -2.41. The smallest absolute Gasteiger partial charge is 0.271 e. The van der Waals surface area contributed by atoms with E-state index in [4.69, 9.17) is 4.74 Å². The standard InChI is InChI=1S/C17H18N2O4S/c1-23-14-7-6-12(19(21)22)11-13(14)18-16(20)17(8-2-3-9-17)15-5-4-10-24-15/h4-7,10-11H,2-3,8-9H2,1H3,(H,18,20). The van der Waals surface area contributed by atoms with E-state index in [1.165, 1.54) is 25.3 Å². The number of nitrogens with one attached hydrogen (secondary N) is 1. The SMILES string of the molecule is COc1ccc([N+](=O)[O-])cc1NC(=O)C1(c2cccs2)CCCC1. The molecule has 1 aliphatic carbocycles. The first kappa shape index (κ1) is 16.4. The minimum atomic E-state index is -0.552. The number of benzene rings is 1. The second kappa shape index (κ2) is 6.60. The number of carbonyl (C=O) groups is 1. The lowest BCUT2D eigenvalue weighted by atomic mass is 9.83. The molecule has 1 saturated carbocycles. The Morgan fingerprint density at radius 1 is 1.33 bits per heavy atom. The summed E-state index contributed by atoms with van der Waals surface area (Å²) in [5, 5.41) is 15.8. The fraction of sp³-hybridized carbons (Fsp3) is 0.353. The molecule has 0 bridgehead atoms. The van der Waals surface area contributed by atoms with Crippen molar-refractivity contribution < 1.29 is 14.5 Å². The van der Waals surface area contributed by atoms with Crippen molar-refractivity contribution in [3.8, 4) is 5.75 Å². The number of ether oxygens (including phenoxy) is 1. The van der Waals surface area contributed by atoms with Crippen molar-refractivity contribution in [1.82, 2.24) is 0 Å². The molecule has 1 amide bonds. The van der Waals surface area contributed by atoms with Gasteiger partial charge in [0.25, 0.3) is 5.69 Å². The van der Waals surface area contributed by atoms with Crippen molar-refractivity contribution in [2.24, 2.45) is 0 Å². The zero-order chi connectivity index (χ0) is 17.2. The molecule has 0 unspecified atom stereocenters. The molecule has 1 aromatic carbocycles. The van der Waals surface area contributed by atoms with E-state index >= 15 is 0 Å². The molecule has 0 aliphatic heterocycles. The lowest BCUT2D eigenvalue weighted by Gasteiger charge is -2.27. The molecule has 6 nitrogen and oxygen atoms in total. The highest BCUT2D eigenvalue weighted by Gasteiger charge is 2.43. The van der Waals surface area contributed by atoms with Gasteiger partial charge in [0.2, 0.25) is 5.91 Å². The quantitative estimate of drug-likeness (QED) is 0.652. The zero-order valence-corrected chi connectivity index (χ0v) is 14.1. The summed E-state index contributed by atoms with van der Waals surface area (Å²) in [4.78, 5) is 24.6. The highest BCUT2D eigenvalue weighted by molar-refractivity contribution is 7.10. The number of hydrogen-bond donors (Lipinski definition) is 1. The normalized spacial score (nSPS) is 15.9. The van der Waals surface area contributed by atoms with E-state index in [1.807, 2.05) is 17.5 Å². The fourth-order valence-corrected chi connectivity index (χ4v) is 4.25. The van der Waals surface area contributed by atoms with Crippen molar-refractivity contribution >= 4 is 28.6 Å². The summed E-state index contributed by atoms with van der Waals surface area (Å²) in [5.41, 5.74) is -0.300. The van der Waals surface area contributed by atoms with Gasteiger partial charge >= 0.3 is 0 Å². The molecule has 0 atom stereocenters. The van der Waals surface area contributed by atoms with E-state index in [-0.39, 0.29) is 11.6 Å². The topological polar surface area (TPSA) is 81.5 Å². The average molecular weight is 346 g/mol. The summed E-state index contributed by atoms with van der Waals surface area (Å²) in [6, 6.07) is 8.13. The molecule has 7 heteroatoms. The summed E-state index contributed by atoms with van der Waals surface area (Å²) in [6.07, 6.45) is 3.57. The van der Waals surface area contributed by atoms with Gasteiger partial charge in [-0.25, -0.2) is 0 Å². The summed E-state index contributed by atoms with van der Waals surface area (Å²) >= 11 is 1.58. The highest BCUT2D eigenvalue weighted by Crippen LogP contribution is 2.44. The van der Waals surface area contributed by atoms with E-state index in [1.54, 1.807) is 11.3 Å².